The van der Waals surface area contributed by atoms with E-state index in [0.29, 0.717) is 0 Å². The standard InChI is InChI=1S/C14H20N2O4/c1-11(18)9-15-13(19)14(20)16(7-8-17)10-12-5-3-2-4-6-12/h2-6,11,17-18H,7-10H2,1H3,(H,15,19). The lowest BCUT2D eigenvalue weighted by molar-refractivity contribution is -0.146. The van der Waals surface area contributed by atoms with Gasteiger partial charge in [-0.05, 0) is 12.5 Å². The largest absolute Gasteiger partial charge is 0.395 e. The van der Waals surface area contributed by atoms with Gasteiger partial charge in [0.1, 0.15) is 0 Å². The predicted octanol–water partition coefficient (Wildman–Crippen LogP) is -0.495. The monoisotopic (exact) mass is 280 g/mol. The van der Waals surface area contributed by atoms with Gasteiger partial charge in [-0.25, -0.2) is 0 Å². The van der Waals surface area contributed by atoms with E-state index in [1.165, 1.54) is 11.8 Å². The number of benzene rings is 1. The van der Waals surface area contributed by atoms with Crippen molar-refractivity contribution in [2.24, 2.45) is 0 Å². The fourth-order valence-electron chi connectivity index (χ4n) is 1.64. The molecule has 0 fully saturated rings. The topological polar surface area (TPSA) is 89.9 Å². The van der Waals surface area contributed by atoms with Crippen LogP contribution < -0.4 is 5.32 Å². The van der Waals surface area contributed by atoms with Gasteiger partial charge in [0.05, 0.1) is 12.7 Å². The molecule has 0 saturated heterocycles. The SMILES string of the molecule is CC(O)CNC(=O)C(=O)N(CCO)Cc1ccccc1. The Morgan fingerprint density at radius 1 is 1.30 bits per heavy atom. The van der Waals surface area contributed by atoms with E-state index in [2.05, 4.69) is 5.32 Å². The Labute approximate surface area is 118 Å². The summed E-state index contributed by atoms with van der Waals surface area (Å²) in [7, 11) is 0. The number of carbonyl (C=O) groups excluding carboxylic acids is 2. The first kappa shape index (κ1) is 16.1. The Kier molecular flexibility index (Phi) is 6.69. The van der Waals surface area contributed by atoms with Crippen LogP contribution >= 0.6 is 0 Å². The molecule has 1 unspecified atom stereocenters. The van der Waals surface area contributed by atoms with E-state index in [1.54, 1.807) is 0 Å². The number of hydrogen-bond acceptors (Lipinski definition) is 4. The van der Waals surface area contributed by atoms with E-state index < -0.39 is 17.9 Å². The quantitative estimate of drug-likeness (QED) is 0.613. The zero-order valence-corrected chi connectivity index (χ0v) is 11.5. The van der Waals surface area contributed by atoms with Crippen LogP contribution in [0.5, 0.6) is 0 Å². The van der Waals surface area contributed by atoms with Gasteiger partial charge >= 0.3 is 11.8 Å². The van der Waals surface area contributed by atoms with Crippen molar-refractivity contribution in [3.8, 4) is 0 Å². The third kappa shape index (κ3) is 5.38. The van der Waals surface area contributed by atoms with Crippen molar-refractivity contribution in [3.63, 3.8) is 0 Å². The van der Waals surface area contributed by atoms with Gasteiger partial charge in [-0.15, -0.1) is 0 Å². The normalized spacial score (nSPS) is 11.8. The number of aliphatic hydroxyl groups is 2. The summed E-state index contributed by atoms with van der Waals surface area (Å²) in [6, 6.07) is 9.21. The minimum absolute atomic E-state index is 0.0167. The molecule has 2 amide bonds. The third-order valence-electron chi connectivity index (χ3n) is 2.63. The van der Waals surface area contributed by atoms with Crippen molar-refractivity contribution < 1.29 is 19.8 Å². The van der Waals surface area contributed by atoms with E-state index in [-0.39, 0.29) is 26.2 Å². The summed E-state index contributed by atoms with van der Waals surface area (Å²) in [5.74, 6) is -1.50. The minimum Gasteiger partial charge on any atom is -0.395 e. The molecule has 6 heteroatoms. The minimum atomic E-state index is -0.782. The van der Waals surface area contributed by atoms with E-state index in [1.807, 2.05) is 30.3 Å². The molecule has 1 aromatic rings. The fraction of sp³-hybridized carbons (Fsp3) is 0.429. The molecule has 0 aromatic heterocycles. The van der Waals surface area contributed by atoms with Gasteiger partial charge in [-0.3, -0.25) is 9.59 Å². The van der Waals surface area contributed by atoms with Crippen LogP contribution in [-0.2, 0) is 16.1 Å². The lowest BCUT2D eigenvalue weighted by atomic mass is 10.2. The zero-order chi connectivity index (χ0) is 15.0. The van der Waals surface area contributed by atoms with Crippen LogP contribution in [0.1, 0.15) is 12.5 Å². The molecule has 1 atom stereocenters. The second kappa shape index (κ2) is 8.29. The van der Waals surface area contributed by atoms with E-state index in [9.17, 15) is 9.59 Å². The Balaban J connectivity index is 2.65. The number of nitrogens with zero attached hydrogens (tertiary/aromatic N) is 1. The van der Waals surface area contributed by atoms with Crippen molar-refractivity contribution in [2.75, 3.05) is 19.7 Å². The van der Waals surface area contributed by atoms with Crippen LogP contribution in [0, 0.1) is 0 Å². The molecule has 0 saturated carbocycles. The highest BCUT2D eigenvalue weighted by Crippen LogP contribution is 2.04. The Morgan fingerprint density at radius 2 is 1.95 bits per heavy atom. The first-order valence-electron chi connectivity index (χ1n) is 6.44. The molecular formula is C14H20N2O4. The van der Waals surface area contributed by atoms with Gasteiger partial charge in [-0.1, -0.05) is 30.3 Å². The molecule has 1 rings (SSSR count). The number of rotatable bonds is 6. The second-order valence-electron chi connectivity index (χ2n) is 4.49. The fourth-order valence-corrected chi connectivity index (χ4v) is 1.64. The van der Waals surface area contributed by atoms with Crippen molar-refractivity contribution >= 4 is 11.8 Å². The highest BCUT2D eigenvalue weighted by molar-refractivity contribution is 6.34. The van der Waals surface area contributed by atoms with Crippen molar-refractivity contribution in [2.45, 2.75) is 19.6 Å². The Bertz CT molecular complexity index is 434. The number of aliphatic hydroxyl groups excluding tert-OH is 2. The Morgan fingerprint density at radius 3 is 2.50 bits per heavy atom. The number of carbonyl (C=O) groups is 2. The van der Waals surface area contributed by atoms with Crippen LogP contribution in [0.3, 0.4) is 0 Å². The molecule has 0 aliphatic rings. The average Bonchev–Trinajstić information content (AvgIpc) is 2.44. The predicted molar refractivity (Wildman–Crippen MR) is 73.6 cm³/mol. The summed E-state index contributed by atoms with van der Waals surface area (Å²) < 4.78 is 0. The number of nitrogens with one attached hydrogen (secondary N) is 1. The maximum absolute atomic E-state index is 12.0. The van der Waals surface area contributed by atoms with Gasteiger partial charge in [0.15, 0.2) is 0 Å². The van der Waals surface area contributed by atoms with Crippen molar-refractivity contribution in [1.29, 1.82) is 0 Å². The third-order valence-corrected chi connectivity index (χ3v) is 2.63. The highest BCUT2D eigenvalue weighted by Gasteiger charge is 2.21. The van der Waals surface area contributed by atoms with E-state index in [0.717, 1.165) is 5.56 Å². The summed E-state index contributed by atoms with van der Waals surface area (Å²) in [5.41, 5.74) is 0.873. The molecule has 0 aliphatic carbocycles. The number of hydrogen-bond donors (Lipinski definition) is 3. The summed E-state index contributed by atoms with van der Waals surface area (Å²) in [6.45, 7) is 1.64. The van der Waals surface area contributed by atoms with Crippen LogP contribution in [0.2, 0.25) is 0 Å². The summed E-state index contributed by atoms with van der Waals surface area (Å²) in [6.07, 6.45) is -0.716. The molecule has 0 spiro atoms. The van der Waals surface area contributed by atoms with Crippen LogP contribution in [-0.4, -0.2) is 52.7 Å². The summed E-state index contributed by atoms with van der Waals surface area (Å²) in [5, 5.41) is 20.4. The van der Waals surface area contributed by atoms with E-state index in [4.69, 9.17) is 10.2 Å². The van der Waals surface area contributed by atoms with Crippen molar-refractivity contribution in [1.82, 2.24) is 10.2 Å². The second-order valence-corrected chi connectivity index (χ2v) is 4.49. The smallest absolute Gasteiger partial charge is 0.312 e. The lowest BCUT2D eigenvalue weighted by Crippen LogP contribution is -2.45. The van der Waals surface area contributed by atoms with Crippen molar-refractivity contribution in [3.05, 3.63) is 35.9 Å². The molecule has 0 heterocycles. The Hall–Kier alpha value is -1.92. The first-order valence-corrected chi connectivity index (χ1v) is 6.44. The van der Waals surface area contributed by atoms with Gasteiger partial charge in [0.25, 0.3) is 0 Å². The molecule has 0 aliphatic heterocycles. The first-order chi connectivity index (χ1) is 9.54. The molecule has 20 heavy (non-hydrogen) atoms. The van der Waals surface area contributed by atoms with Crippen LogP contribution in [0.4, 0.5) is 0 Å². The molecular weight excluding hydrogens is 260 g/mol. The molecule has 6 nitrogen and oxygen atoms in total. The maximum atomic E-state index is 12.0. The molecule has 0 bridgehead atoms. The summed E-state index contributed by atoms with van der Waals surface area (Å²) in [4.78, 5) is 24.9. The van der Waals surface area contributed by atoms with Crippen LogP contribution in [0.15, 0.2) is 30.3 Å². The van der Waals surface area contributed by atoms with Gasteiger partial charge in [0, 0.05) is 19.6 Å². The lowest BCUT2D eigenvalue weighted by Gasteiger charge is -2.21. The summed E-state index contributed by atoms with van der Waals surface area (Å²) >= 11 is 0. The molecule has 3 N–H and O–H groups in total. The average molecular weight is 280 g/mol. The van der Waals surface area contributed by atoms with E-state index >= 15 is 0 Å². The highest BCUT2D eigenvalue weighted by atomic mass is 16.3. The molecule has 0 radical (unpaired) electrons. The number of amides is 2. The zero-order valence-electron chi connectivity index (χ0n) is 11.5. The molecule has 110 valence electrons. The van der Waals surface area contributed by atoms with Gasteiger partial charge < -0.3 is 20.4 Å². The molecule has 1 aromatic carbocycles. The van der Waals surface area contributed by atoms with Gasteiger partial charge in [-0.2, -0.15) is 0 Å². The van der Waals surface area contributed by atoms with Gasteiger partial charge in [0.2, 0.25) is 0 Å². The maximum Gasteiger partial charge on any atom is 0.312 e. The van der Waals surface area contributed by atoms with Crippen LogP contribution in [0.25, 0.3) is 0 Å².